The zero-order valence-electron chi connectivity index (χ0n) is 16.6. The molecular weight excluding hydrogens is 424 g/mol. The van der Waals surface area contributed by atoms with Gasteiger partial charge in [0, 0.05) is 33.7 Å². The second kappa shape index (κ2) is 10.1. The van der Waals surface area contributed by atoms with Crippen molar-refractivity contribution in [3.05, 3.63) is 64.1 Å². The van der Waals surface area contributed by atoms with Gasteiger partial charge in [-0.25, -0.2) is 9.78 Å². The molecule has 0 aliphatic carbocycles. The van der Waals surface area contributed by atoms with Gasteiger partial charge in [0.1, 0.15) is 0 Å². The number of amides is 1. The fraction of sp³-hybridized carbons (Fsp3) is 0.190. The molecule has 1 heterocycles. The van der Waals surface area contributed by atoms with Crippen molar-refractivity contribution in [2.24, 2.45) is 0 Å². The first-order valence-corrected chi connectivity index (χ1v) is 10.7. The maximum Gasteiger partial charge on any atom is 0.340 e. The van der Waals surface area contributed by atoms with Gasteiger partial charge in [0.2, 0.25) is 0 Å². The lowest BCUT2D eigenvalue weighted by atomic mass is 10.1. The molecule has 0 aliphatic heterocycles. The monoisotopic (exact) mass is 444 g/mol. The smallest absolute Gasteiger partial charge is 0.340 e. The highest BCUT2D eigenvalue weighted by molar-refractivity contribution is 7.98. The van der Waals surface area contributed by atoms with Crippen molar-refractivity contribution in [3.8, 4) is 11.5 Å². The molecular formula is C21H20N2O5S2. The van der Waals surface area contributed by atoms with E-state index in [-0.39, 0.29) is 17.2 Å². The van der Waals surface area contributed by atoms with Gasteiger partial charge in [0.15, 0.2) is 11.5 Å². The summed E-state index contributed by atoms with van der Waals surface area (Å²) in [6, 6.07) is 10.2. The quantitative estimate of drug-likeness (QED) is 0.405. The summed E-state index contributed by atoms with van der Waals surface area (Å²) in [6.07, 6.45) is 0. The predicted molar refractivity (Wildman–Crippen MR) is 117 cm³/mol. The summed E-state index contributed by atoms with van der Waals surface area (Å²) in [5.74, 6) is 0.554. The SMILES string of the molecule is COC(=O)c1cc(OC)c(OC)cc1NC(=O)c1ccc(SCc2cscn2)cc1. The molecule has 0 radical (unpaired) electrons. The molecule has 0 saturated carbocycles. The number of thioether (sulfide) groups is 1. The highest BCUT2D eigenvalue weighted by Gasteiger charge is 2.19. The van der Waals surface area contributed by atoms with Crippen LogP contribution < -0.4 is 14.8 Å². The number of hydrogen-bond acceptors (Lipinski definition) is 8. The van der Waals surface area contributed by atoms with Gasteiger partial charge in [-0.05, 0) is 24.3 Å². The Labute approximate surface area is 182 Å². The standard InChI is InChI=1S/C21H20N2O5S2/c1-26-18-8-16(21(25)28-3)17(9-19(18)27-2)23-20(24)13-4-6-15(7-5-13)30-11-14-10-29-12-22-14/h4-10,12H,11H2,1-3H3,(H,23,24). The summed E-state index contributed by atoms with van der Waals surface area (Å²) >= 11 is 3.21. The Kier molecular flexibility index (Phi) is 7.31. The molecule has 156 valence electrons. The Hall–Kier alpha value is -3.04. The van der Waals surface area contributed by atoms with Crippen molar-refractivity contribution in [1.82, 2.24) is 4.98 Å². The van der Waals surface area contributed by atoms with E-state index in [4.69, 9.17) is 14.2 Å². The van der Waals surface area contributed by atoms with Crippen molar-refractivity contribution in [1.29, 1.82) is 0 Å². The highest BCUT2D eigenvalue weighted by Crippen LogP contribution is 2.34. The molecule has 3 aromatic rings. The normalized spacial score (nSPS) is 10.4. The van der Waals surface area contributed by atoms with Gasteiger partial charge < -0.3 is 19.5 Å². The van der Waals surface area contributed by atoms with Crippen LogP contribution in [0.25, 0.3) is 0 Å². The van der Waals surface area contributed by atoms with Gasteiger partial charge >= 0.3 is 5.97 Å². The zero-order valence-corrected chi connectivity index (χ0v) is 18.3. The molecule has 1 aromatic heterocycles. The topological polar surface area (TPSA) is 86.8 Å². The molecule has 0 saturated heterocycles. The predicted octanol–water partition coefficient (Wildman–Crippen LogP) is 4.49. The highest BCUT2D eigenvalue weighted by atomic mass is 32.2. The van der Waals surface area contributed by atoms with Crippen LogP contribution in [-0.2, 0) is 10.5 Å². The number of carbonyl (C=O) groups is 2. The average molecular weight is 445 g/mol. The Morgan fingerprint density at radius 1 is 1.07 bits per heavy atom. The zero-order chi connectivity index (χ0) is 21.5. The number of anilines is 1. The van der Waals surface area contributed by atoms with Crippen molar-refractivity contribution in [2.75, 3.05) is 26.6 Å². The molecule has 0 aliphatic rings. The minimum Gasteiger partial charge on any atom is -0.493 e. The maximum atomic E-state index is 12.7. The minimum atomic E-state index is -0.597. The summed E-state index contributed by atoms with van der Waals surface area (Å²) in [4.78, 5) is 30.2. The van der Waals surface area contributed by atoms with Crippen molar-refractivity contribution in [2.45, 2.75) is 10.6 Å². The Bertz CT molecular complexity index is 1020. The number of nitrogens with one attached hydrogen (secondary N) is 1. The van der Waals surface area contributed by atoms with E-state index >= 15 is 0 Å². The number of benzene rings is 2. The second-order valence-electron chi connectivity index (χ2n) is 5.99. The van der Waals surface area contributed by atoms with E-state index in [2.05, 4.69) is 10.3 Å². The van der Waals surface area contributed by atoms with E-state index in [1.54, 1.807) is 40.7 Å². The first kappa shape index (κ1) is 21.7. The summed E-state index contributed by atoms with van der Waals surface area (Å²) in [5.41, 5.74) is 3.72. The molecule has 1 N–H and O–H groups in total. The van der Waals surface area contributed by atoms with Crippen LogP contribution in [0.2, 0.25) is 0 Å². The first-order valence-electron chi connectivity index (χ1n) is 8.81. The molecule has 0 atom stereocenters. The van der Waals surface area contributed by atoms with Crippen LogP contribution in [0.1, 0.15) is 26.4 Å². The third kappa shape index (κ3) is 5.11. The summed E-state index contributed by atoms with van der Waals surface area (Å²) in [5, 5.41) is 4.76. The molecule has 0 spiro atoms. The molecule has 0 fully saturated rings. The summed E-state index contributed by atoms with van der Waals surface area (Å²) in [6.45, 7) is 0. The van der Waals surface area contributed by atoms with Gasteiger partial charge in [0.25, 0.3) is 5.91 Å². The third-order valence-corrected chi connectivity index (χ3v) is 5.84. The molecule has 0 unspecified atom stereocenters. The molecule has 0 bridgehead atoms. The lowest BCUT2D eigenvalue weighted by molar-refractivity contribution is 0.0601. The van der Waals surface area contributed by atoms with E-state index in [0.717, 1.165) is 16.3 Å². The number of rotatable bonds is 8. The van der Waals surface area contributed by atoms with Crippen molar-refractivity contribution >= 4 is 40.7 Å². The Morgan fingerprint density at radius 3 is 2.37 bits per heavy atom. The number of esters is 1. The van der Waals surface area contributed by atoms with E-state index < -0.39 is 5.97 Å². The number of hydrogen-bond donors (Lipinski definition) is 1. The lowest BCUT2D eigenvalue weighted by Crippen LogP contribution is -2.16. The van der Waals surface area contributed by atoms with Crippen LogP contribution in [0, 0.1) is 0 Å². The Balaban J connectivity index is 1.76. The largest absolute Gasteiger partial charge is 0.493 e. The first-order chi connectivity index (χ1) is 14.5. The molecule has 9 heteroatoms. The molecule has 7 nitrogen and oxygen atoms in total. The van der Waals surface area contributed by atoms with E-state index in [0.29, 0.717) is 17.1 Å². The summed E-state index contributed by atoms with van der Waals surface area (Å²) in [7, 11) is 4.21. The van der Waals surface area contributed by atoms with Crippen LogP contribution in [0.15, 0.2) is 52.2 Å². The fourth-order valence-corrected chi connectivity index (χ4v) is 4.09. The fourth-order valence-electron chi connectivity index (χ4n) is 2.62. The number of thiazole rings is 1. The van der Waals surface area contributed by atoms with Crippen LogP contribution >= 0.6 is 23.1 Å². The third-order valence-electron chi connectivity index (χ3n) is 4.16. The van der Waals surface area contributed by atoms with Gasteiger partial charge in [-0.2, -0.15) is 0 Å². The van der Waals surface area contributed by atoms with Gasteiger partial charge in [-0.1, -0.05) is 0 Å². The maximum absolute atomic E-state index is 12.7. The van der Waals surface area contributed by atoms with Gasteiger partial charge in [-0.3, -0.25) is 4.79 Å². The number of ether oxygens (including phenoxy) is 3. The van der Waals surface area contributed by atoms with Crippen LogP contribution in [0.5, 0.6) is 11.5 Å². The Morgan fingerprint density at radius 2 is 1.77 bits per heavy atom. The van der Waals surface area contributed by atoms with E-state index in [1.807, 2.05) is 17.5 Å². The molecule has 3 rings (SSSR count). The second-order valence-corrected chi connectivity index (χ2v) is 7.76. The van der Waals surface area contributed by atoms with Gasteiger partial charge in [-0.15, -0.1) is 23.1 Å². The number of carbonyl (C=O) groups excluding carboxylic acids is 2. The number of nitrogens with zero attached hydrogens (tertiary/aromatic N) is 1. The van der Waals surface area contributed by atoms with Crippen molar-refractivity contribution < 1.29 is 23.8 Å². The van der Waals surface area contributed by atoms with Crippen molar-refractivity contribution in [3.63, 3.8) is 0 Å². The van der Waals surface area contributed by atoms with Gasteiger partial charge in [0.05, 0.1) is 43.8 Å². The lowest BCUT2D eigenvalue weighted by Gasteiger charge is -2.14. The van der Waals surface area contributed by atoms with Crippen LogP contribution in [0.3, 0.4) is 0 Å². The number of methoxy groups -OCH3 is 3. The van der Waals surface area contributed by atoms with Crippen LogP contribution in [-0.4, -0.2) is 38.2 Å². The van der Waals surface area contributed by atoms with E-state index in [1.165, 1.54) is 33.5 Å². The molecule has 1 amide bonds. The van der Waals surface area contributed by atoms with E-state index in [9.17, 15) is 9.59 Å². The molecule has 30 heavy (non-hydrogen) atoms. The summed E-state index contributed by atoms with van der Waals surface area (Å²) < 4.78 is 15.3. The minimum absolute atomic E-state index is 0.166. The molecule has 2 aromatic carbocycles. The number of aromatic nitrogens is 1. The van der Waals surface area contributed by atoms with Crippen LogP contribution in [0.4, 0.5) is 5.69 Å². The average Bonchev–Trinajstić information content (AvgIpc) is 3.30.